The molecule has 92 valence electrons. The summed E-state index contributed by atoms with van der Waals surface area (Å²) in [6.45, 7) is 4.85. The smallest absolute Gasteiger partial charge is 0.248 e. The van der Waals surface area contributed by atoms with Crippen LogP contribution in [0.4, 0.5) is 10.1 Å². The molecule has 0 aromatic heterocycles. The second-order valence-corrected chi connectivity index (χ2v) is 4.85. The summed E-state index contributed by atoms with van der Waals surface area (Å²) in [7, 11) is 0. The zero-order valence-electron chi connectivity index (χ0n) is 10.1. The van der Waals surface area contributed by atoms with Crippen LogP contribution in [0.25, 0.3) is 0 Å². The normalized spacial score (nSPS) is 19.0. The van der Waals surface area contributed by atoms with Gasteiger partial charge in [0.1, 0.15) is 11.9 Å². The molecule has 0 aliphatic carbocycles. The van der Waals surface area contributed by atoms with Gasteiger partial charge in [0.15, 0.2) is 0 Å². The molecule has 0 radical (unpaired) electrons. The first-order chi connectivity index (χ1) is 8.00. The van der Waals surface area contributed by atoms with Crippen LogP contribution in [0.5, 0.6) is 0 Å². The summed E-state index contributed by atoms with van der Waals surface area (Å²) >= 11 is 0. The molecule has 0 bridgehead atoms. The van der Waals surface area contributed by atoms with E-state index in [1.165, 1.54) is 12.1 Å². The molecule has 1 aromatic carbocycles. The van der Waals surface area contributed by atoms with E-state index in [1.54, 1.807) is 11.0 Å². The third-order valence-electron chi connectivity index (χ3n) is 3.08. The Balaban J connectivity index is 2.28. The molecular formula is C13H17FN2O. The minimum Gasteiger partial charge on any atom is -0.316 e. The van der Waals surface area contributed by atoms with Gasteiger partial charge in [-0.3, -0.25) is 4.79 Å². The van der Waals surface area contributed by atoms with Crippen LogP contribution in [0.15, 0.2) is 18.2 Å². The van der Waals surface area contributed by atoms with Gasteiger partial charge >= 0.3 is 0 Å². The van der Waals surface area contributed by atoms with E-state index >= 15 is 0 Å². The Kier molecular flexibility index (Phi) is 3.15. The van der Waals surface area contributed by atoms with Crippen LogP contribution in [0.2, 0.25) is 0 Å². The second kappa shape index (κ2) is 4.45. The lowest BCUT2D eigenvalue weighted by atomic mass is 10.1. The second-order valence-electron chi connectivity index (χ2n) is 4.85. The molecule has 1 aromatic rings. The standard InChI is InChI=1S/C13H17FN2O/c1-8(2)5-6-16-11-4-3-9(14)7-10(11)12(15)13(16)17/h3-4,7-8,12H,5-6,15H2,1-2H3. The van der Waals surface area contributed by atoms with Crippen LogP contribution in [-0.2, 0) is 4.79 Å². The van der Waals surface area contributed by atoms with Crippen molar-refractivity contribution < 1.29 is 9.18 Å². The van der Waals surface area contributed by atoms with Crippen LogP contribution >= 0.6 is 0 Å². The van der Waals surface area contributed by atoms with Crippen molar-refractivity contribution in [3.8, 4) is 0 Å². The number of halogens is 1. The Morgan fingerprint density at radius 1 is 1.47 bits per heavy atom. The average molecular weight is 236 g/mol. The highest BCUT2D eigenvalue weighted by Gasteiger charge is 2.34. The Hall–Kier alpha value is -1.42. The summed E-state index contributed by atoms with van der Waals surface area (Å²) in [5.74, 6) is 0.0347. The summed E-state index contributed by atoms with van der Waals surface area (Å²) < 4.78 is 13.1. The van der Waals surface area contributed by atoms with Gasteiger partial charge in [-0.2, -0.15) is 0 Å². The highest BCUT2D eigenvalue weighted by molar-refractivity contribution is 6.04. The predicted molar refractivity (Wildman–Crippen MR) is 65.1 cm³/mol. The number of carbonyl (C=O) groups excluding carboxylic acids is 1. The summed E-state index contributed by atoms with van der Waals surface area (Å²) in [4.78, 5) is 13.6. The predicted octanol–water partition coefficient (Wildman–Crippen LogP) is 2.22. The summed E-state index contributed by atoms with van der Waals surface area (Å²) in [5, 5.41) is 0. The average Bonchev–Trinajstić information content (AvgIpc) is 2.50. The van der Waals surface area contributed by atoms with Crippen molar-refractivity contribution in [1.29, 1.82) is 0 Å². The van der Waals surface area contributed by atoms with Crippen molar-refractivity contribution in [1.82, 2.24) is 0 Å². The summed E-state index contributed by atoms with van der Waals surface area (Å²) in [6, 6.07) is 3.64. The molecule has 0 fully saturated rings. The molecule has 1 heterocycles. The molecule has 1 aliphatic heterocycles. The molecular weight excluding hydrogens is 219 g/mol. The number of carbonyl (C=O) groups is 1. The molecule has 3 nitrogen and oxygen atoms in total. The topological polar surface area (TPSA) is 46.3 Å². The van der Waals surface area contributed by atoms with Crippen molar-refractivity contribution in [3.05, 3.63) is 29.6 Å². The largest absolute Gasteiger partial charge is 0.316 e. The van der Waals surface area contributed by atoms with Gasteiger partial charge in [0, 0.05) is 17.8 Å². The first-order valence-corrected chi connectivity index (χ1v) is 5.87. The fourth-order valence-corrected chi connectivity index (χ4v) is 2.06. The number of nitrogens with zero attached hydrogens (tertiary/aromatic N) is 1. The lowest BCUT2D eigenvalue weighted by Crippen LogP contribution is -2.33. The van der Waals surface area contributed by atoms with Crippen LogP contribution in [-0.4, -0.2) is 12.5 Å². The maximum Gasteiger partial charge on any atom is 0.248 e. The lowest BCUT2D eigenvalue weighted by Gasteiger charge is -2.18. The summed E-state index contributed by atoms with van der Waals surface area (Å²) in [5.41, 5.74) is 7.15. The Morgan fingerprint density at radius 3 is 2.82 bits per heavy atom. The molecule has 17 heavy (non-hydrogen) atoms. The highest BCUT2D eigenvalue weighted by Crippen LogP contribution is 2.35. The van der Waals surface area contributed by atoms with Crippen molar-refractivity contribution in [2.45, 2.75) is 26.3 Å². The Morgan fingerprint density at radius 2 is 2.18 bits per heavy atom. The van der Waals surface area contributed by atoms with Gasteiger partial charge in [0.2, 0.25) is 5.91 Å². The molecule has 0 spiro atoms. The van der Waals surface area contributed by atoms with E-state index in [-0.39, 0.29) is 11.7 Å². The van der Waals surface area contributed by atoms with E-state index in [0.717, 1.165) is 12.1 Å². The molecule has 0 saturated heterocycles. The van der Waals surface area contributed by atoms with E-state index in [4.69, 9.17) is 5.73 Å². The van der Waals surface area contributed by atoms with Gasteiger partial charge in [-0.05, 0) is 30.5 Å². The number of rotatable bonds is 3. The van der Waals surface area contributed by atoms with Gasteiger partial charge in [-0.15, -0.1) is 0 Å². The fraction of sp³-hybridized carbons (Fsp3) is 0.462. The molecule has 1 amide bonds. The number of nitrogens with two attached hydrogens (primary N) is 1. The van der Waals surface area contributed by atoms with Crippen LogP contribution in [0, 0.1) is 11.7 Å². The Labute approximate surface area is 100 Å². The number of benzene rings is 1. The van der Waals surface area contributed by atoms with E-state index in [0.29, 0.717) is 18.0 Å². The number of anilines is 1. The van der Waals surface area contributed by atoms with Gasteiger partial charge < -0.3 is 10.6 Å². The number of amides is 1. The first kappa shape index (κ1) is 12.0. The maximum atomic E-state index is 13.1. The van der Waals surface area contributed by atoms with Gasteiger partial charge in [0.25, 0.3) is 0 Å². The van der Waals surface area contributed by atoms with Crippen molar-refractivity contribution in [2.24, 2.45) is 11.7 Å². The molecule has 1 unspecified atom stereocenters. The molecule has 2 N–H and O–H groups in total. The SMILES string of the molecule is CC(C)CCN1C(=O)C(N)c2cc(F)ccc21. The van der Waals surface area contributed by atoms with Gasteiger partial charge in [-0.1, -0.05) is 13.8 Å². The lowest BCUT2D eigenvalue weighted by molar-refractivity contribution is -0.119. The van der Waals surface area contributed by atoms with Crippen LogP contribution in [0.1, 0.15) is 31.9 Å². The Bertz CT molecular complexity index is 445. The third-order valence-corrected chi connectivity index (χ3v) is 3.08. The van der Waals surface area contributed by atoms with Gasteiger partial charge in [0.05, 0.1) is 0 Å². The molecule has 2 rings (SSSR count). The fourth-order valence-electron chi connectivity index (χ4n) is 2.06. The molecule has 1 atom stereocenters. The minimum atomic E-state index is -0.715. The van der Waals surface area contributed by atoms with E-state index in [2.05, 4.69) is 13.8 Å². The van der Waals surface area contributed by atoms with E-state index in [1.807, 2.05) is 0 Å². The molecule has 0 saturated carbocycles. The maximum absolute atomic E-state index is 13.1. The van der Waals surface area contributed by atoms with E-state index in [9.17, 15) is 9.18 Å². The quantitative estimate of drug-likeness (QED) is 0.874. The van der Waals surface area contributed by atoms with Crippen molar-refractivity contribution in [2.75, 3.05) is 11.4 Å². The van der Waals surface area contributed by atoms with Crippen LogP contribution in [0.3, 0.4) is 0 Å². The molecule has 1 aliphatic rings. The van der Waals surface area contributed by atoms with Crippen molar-refractivity contribution >= 4 is 11.6 Å². The van der Waals surface area contributed by atoms with Gasteiger partial charge in [-0.25, -0.2) is 4.39 Å². The first-order valence-electron chi connectivity index (χ1n) is 5.87. The van der Waals surface area contributed by atoms with Crippen molar-refractivity contribution in [3.63, 3.8) is 0 Å². The zero-order chi connectivity index (χ0) is 12.6. The van der Waals surface area contributed by atoms with Crippen LogP contribution < -0.4 is 10.6 Å². The number of hydrogen-bond donors (Lipinski definition) is 1. The number of hydrogen-bond acceptors (Lipinski definition) is 2. The zero-order valence-corrected chi connectivity index (χ0v) is 10.1. The number of fused-ring (bicyclic) bond motifs is 1. The minimum absolute atomic E-state index is 0.133. The van der Waals surface area contributed by atoms with E-state index < -0.39 is 6.04 Å². The highest BCUT2D eigenvalue weighted by atomic mass is 19.1. The monoisotopic (exact) mass is 236 g/mol. The molecule has 4 heteroatoms. The summed E-state index contributed by atoms with van der Waals surface area (Å²) in [6.07, 6.45) is 0.912. The third kappa shape index (κ3) is 2.17.